The lowest BCUT2D eigenvalue weighted by Crippen LogP contribution is -2.12. The Morgan fingerprint density at radius 3 is 2.55 bits per heavy atom. The fourth-order valence-electron chi connectivity index (χ4n) is 0.696. The van der Waals surface area contributed by atoms with E-state index >= 15 is 0 Å². The van der Waals surface area contributed by atoms with Crippen molar-refractivity contribution in [3.63, 3.8) is 0 Å². The van der Waals surface area contributed by atoms with Crippen LogP contribution in [-0.4, -0.2) is 5.91 Å². The molecule has 0 heterocycles. The molecule has 0 fully saturated rings. The Labute approximate surface area is 92.4 Å². The summed E-state index contributed by atoms with van der Waals surface area (Å²) in [5, 5.41) is 0. The molecule has 0 aliphatic heterocycles. The van der Waals surface area contributed by atoms with Gasteiger partial charge >= 0.3 is 0 Å². The molecule has 11 heavy (non-hydrogen) atoms. The second kappa shape index (κ2) is 4.24. The standard InChI is InChI=1S/C7H5I2NO/c8-6-4-2-1-3-5(6)7(11)10-9/h1-4H,(H,10,11). The third kappa shape index (κ3) is 2.29. The van der Waals surface area contributed by atoms with E-state index in [2.05, 4.69) is 26.1 Å². The van der Waals surface area contributed by atoms with Crippen LogP contribution in [0.3, 0.4) is 0 Å². The maximum atomic E-state index is 11.1. The van der Waals surface area contributed by atoms with Crippen LogP contribution in [0, 0.1) is 3.57 Å². The van der Waals surface area contributed by atoms with Gasteiger partial charge in [0.25, 0.3) is 5.91 Å². The van der Waals surface area contributed by atoms with Gasteiger partial charge in [-0.1, -0.05) is 12.1 Å². The Morgan fingerprint density at radius 2 is 2.00 bits per heavy atom. The first-order valence-electron chi connectivity index (χ1n) is 2.91. The number of amides is 1. The van der Waals surface area contributed by atoms with Gasteiger partial charge in [0.05, 0.1) is 28.4 Å². The van der Waals surface area contributed by atoms with E-state index in [1.165, 1.54) is 0 Å². The molecular formula is C7H5I2NO. The Bertz CT molecular complexity index is 275. The monoisotopic (exact) mass is 373 g/mol. The summed E-state index contributed by atoms with van der Waals surface area (Å²) < 4.78 is 3.52. The lowest BCUT2D eigenvalue weighted by molar-refractivity contribution is 0.0989. The molecule has 1 N–H and O–H groups in total. The van der Waals surface area contributed by atoms with Crippen LogP contribution in [0.2, 0.25) is 0 Å². The minimum Gasteiger partial charge on any atom is -0.295 e. The van der Waals surface area contributed by atoms with Crippen molar-refractivity contribution in [3.05, 3.63) is 33.4 Å². The van der Waals surface area contributed by atoms with E-state index in [4.69, 9.17) is 0 Å². The molecular weight excluding hydrogens is 368 g/mol. The van der Waals surface area contributed by atoms with Gasteiger partial charge in [-0.15, -0.1) is 0 Å². The lowest BCUT2D eigenvalue weighted by Gasteiger charge is -1.99. The molecule has 0 aromatic heterocycles. The van der Waals surface area contributed by atoms with Crippen LogP contribution in [0.5, 0.6) is 0 Å². The van der Waals surface area contributed by atoms with Crippen molar-refractivity contribution in [3.8, 4) is 0 Å². The summed E-state index contributed by atoms with van der Waals surface area (Å²) in [6.07, 6.45) is 0. The van der Waals surface area contributed by atoms with E-state index in [1.807, 2.05) is 41.1 Å². The van der Waals surface area contributed by atoms with E-state index in [-0.39, 0.29) is 5.91 Å². The molecule has 1 aromatic carbocycles. The summed E-state index contributed by atoms with van der Waals surface area (Å²) in [5.41, 5.74) is 0.725. The Morgan fingerprint density at radius 1 is 1.36 bits per heavy atom. The molecule has 1 rings (SSSR count). The first-order chi connectivity index (χ1) is 5.25. The minimum absolute atomic E-state index is 0.0457. The molecule has 0 radical (unpaired) electrons. The second-order valence-corrected chi connectivity index (χ2v) is 3.61. The van der Waals surface area contributed by atoms with Crippen LogP contribution >= 0.6 is 45.5 Å². The molecule has 0 aliphatic rings. The van der Waals surface area contributed by atoms with Crippen LogP contribution in [-0.2, 0) is 0 Å². The fraction of sp³-hybridized carbons (Fsp3) is 0. The van der Waals surface area contributed by atoms with Gasteiger partial charge in [-0.3, -0.25) is 8.32 Å². The average molecular weight is 373 g/mol. The van der Waals surface area contributed by atoms with Crippen LogP contribution in [0.25, 0.3) is 0 Å². The average Bonchev–Trinajstić information content (AvgIpc) is 2.04. The van der Waals surface area contributed by atoms with Gasteiger partial charge in [0, 0.05) is 3.57 Å². The quantitative estimate of drug-likeness (QED) is 0.595. The number of hydrogen-bond acceptors (Lipinski definition) is 1. The highest BCUT2D eigenvalue weighted by Crippen LogP contribution is 2.11. The zero-order valence-corrected chi connectivity index (χ0v) is 9.79. The maximum Gasteiger partial charge on any atom is 0.260 e. The summed E-state index contributed by atoms with van der Waals surface area (Å²) in [7, 11) is 0. The molecule has 58 valence electrons. The maximum absolute atomic E-state index is 11.1. The summed E-state index contributed by atoms with van der Waals surface area (Å²) >= 11 is 3.97. The third-order valence-electron chi connectivity index (χ3n) is 1.20. The fourth-order valence-corrected chi connectivity index (χ4v) is 1.62. The topological polar surface area (TPSA) is 29.1 Å². The van der Waals surface area contributed by atoms with Crippen molar-refractivity contribution < 1.29 is 4.79 Å². The van der Waals surface area contributed by atoms with Crippen molar-refractivity contribution in [2.45, 2.75) is 0 Å². The molecule has 0 aliphatic carbocycles. The van der Waals surface area contributed by atoms with Crippen molar-refractivity contribution in [1.29, 1.82) is 0 Å². The molecule has 0 saturated heterocycles. The number of halogens is 2. The van der Waals surface area contributed by atoms with E-state index < -0.39 is 0 Å². The van der Waals surface area contributed by atoms with Crippen molar-refractivity contribution >= 4 is 51.4 Å². The number of nitrogens with one attached hydrogen (secondary N) is 1. The first kappa shape index (κ1) is 9.24. The summed E-state index contributed by atoms with van der Waals surface area (Å²) in [6.45, 7) is 0. The number of carbonyl (C=O) groups is 1. The van der Waals surface area contributed by atoms with E-state index in [0.717, 1.165) is 9.13 Å². The van der Waals surface area contributed by atoms with Crippen molar-refractivity contribution in [2.75, 3.05) is 0 Å². The van der Waals surface area contributed by atoms with Crippen LogP contribution in [0.15, 0.2) is 24.3 Å². The van der Waals surface area contributed by atoms with E-state index in [9.17, 15) is 4.79 Å². The predicted molar refractivity (Wildman–Crippen MR) is 60.6 cm³/mol. The first-order valence-corrected chi connectivity index (χ1v) is 5.07. The number of rotatable bonds is 1. The summed E-state index contributed by atoms with van der Waals surface area (Å²) in [6, 6.07) is 7.46. The zero-order valence-electron chi connectivity index (χ0n) is 5.47. The summed E-state index contributed by atoms with van der Waals surface area (Å²) in [5.74, 6) is -0.0457. The number of carbonyl (C=O) groups excluding carboxylic acids is 1. The van der Waals surface area contributed by atoms with Gasteiger partial charge in [0.15, 0.2) is 0 Å². The molecule has 0 unspecified atom stereocenters. The molecule has 1 amide bonds. The molecule has 4 heteroatoms. The smallest absolute Gasteiger partial charge is 0.260 e. The highest BCUT2D eigenvalue weighted by atomic mass is 127. The molecule has 1 aromatic rings. The Hall–Kier alpha value is 0.150. The van der Waals surface area contributed by atoms with Gasteiger partial charge in [0.2, 0.25) is 0 Å². The van der Waals surface area contributed by atoms with E-state index in [0.29, 0.717) is 0 Å². The molecule has 0 atom stereocenters. The predicted octanol–water partition coefficient (Wildman–Crippen LogP) is 2.37. The van der Waals surface area contributed by atoms with Crippen LogP contribution in [0.1, 0.15) is 10.4 Å². The van der Waals surface area contributed by atoms with Crippen LogP contribution < -0.4 is 3.53 Å². The van der Waals surface area contributed by atoms with Gasteiger partial charge in [0.1, 0.15) is 0 Å². The van der Waals surface area contributed by atoms with Gasteiger partial charge in [-0.2, -0.15) is 0 Å². The second-order valence-electron chi connectivity index (χ2n) is 1.90. The molecule has 0 bridgehead atoms. The summed E-state index contributed by atoms with van der Waals surface area (Å²) in [4.78, 5) is 11.1. The zero-order chi connectivity index (χ0) is 8.27. The van der Waals surface area contributed by atoms with Crippen molar-refractivity contribution in [2.24, 2.45) is 0 Å². The van der Waals surface area contributed by atoms with Crippen LogP contribution in [0.4, 0.5) is 0 Å². The highest BCUT2D eigenvalue weighted by molar-refractivity contribution is 14.1. The van der Waals surface area contributed by atoms with Gasteiger partial charge < -0.3 is 0 Å². The Kier molecular flexibility index (Phi) is 3.57. The highest BCUT2D eigenvalue weighted by Gasteiger charge is 2.05. The Balaban J connectivity index is 3.03. The molecule has 0 spiro atoms. The van der Waals surface area contributed by atoms with Crippen molar-refractivity contribution in [1.82, 2.24) is 3.53 Å². The molecule has 0 saturated carbocycles. The normalized spacial score (nSPS) is 9.27. The lowest BCUT2D eigenvalue weighted by atomic mass is 10.2. The minimum atomic E-state index is -0.0457. The largest absolute Gasteiger partial charge is 0.295 e. The third-order valence-corrected chi connectivity index (χ3v) is 2.63. The van der Waals surface area contributed by atoms with E-state index in [1.54, 1.807) is 6.07 Å². The van der Waals surface area contributed by atoms with Gasteiger partial charge in [-0.05, 0) is 34.7 Å². The SMILES string of the molecule is O=C(NI)c1ccccc1I. The molecule has 2 nitrogen and oxygen atoms in total. The number of benzene rings is 1. The van der Waals surface area contributed by atoms with Gasteiger partial charge in [-0.25, -0.2) is 0 Å². The number of hydrogen-bond donors (Lipinski definition) is 1.